The molecule has 17 heavy (non-hydrogen) atoms. The highest BCUT2D eigenvalue weighted by Crippen LogP contribution is 2.26. The van der Waals surface area contributed by atoms with Crippen LogP contribution in [-0.2, 0) is 0 Å². The van der Waals surface area contributed by atoms with Gasteiger partial charge in [-0.1, -0.05) is 39.9 Å². The standard InChI is InChI=1S/C12H10N4S/c1-16(12-13-14-15-17-12)11-7-6-9-4-2-3-5-10(9)8-11/h2-8H,1H3. The van der Waals surface area contributed by atoms with Crippen LogP contribution in [0, 0.1) is 0 Å². The van der Waals surface area contributed by atoms with Crippen molar-refractivity contribution in [2.24, 2.45) is 0 Å². The number of fused-ring (bicyclic) bond motifs is 1. The molecule has 2 aromatic carbocycles. The van der Waals surface area contributed by atoms with Gasteiger partial charge in [0.15, 0.2) is 0 Å². The Balaban J connectivity index is 2.06. The first-order valence-corrected chi connectivity index (χ1v) is 5.99. The molecule has 4 nitrogen and oxygen atoms in total. The van der Waals surface area contributed by atoms with Gasteiger partial charge in [0.05, 0.1) is 0 Å². The zero-order valence-corrected chi connectivity index (χ0v) is 10.1. The first kappa shape index (κ1) is 10.2. The van der Waals surface area contributed by atoms with Gasteiger partial charge in [0.2, 0.25) is 5.13 Å². The highest BCUT2D eigenvalue weighted by molar-refractivity contribution is 7.09. The average Bonchev–Trinajstić information content (AvgIpc) is 2.91. The van der Waals surface area contributed by atoms with Gasteiger partial charge in [0.1, 0.15) is 0 Å². The Hall–Kier alpha value is -2.01. The summed E-state index contributed by atoms with van der Waals surface area (Å²) in [6.45, 7) is 0. The minimum absolute atomic E-state index is 0.792. The maximum absolute atomic E-state index is 3.96. The van der Waals surface area contributed by atoms with E-state index in [0.29, 0.717) is 0 Å². The van der Waals surface area contributed by atoms with E-state index in [2.05, 4.69) is 45.1 Å². The van der Waals surface area contributed by atoms with Crippen LogP contribution >= 0.6 is 11.5 Å². The van der Waals surface area contributed by atoms with Gasteiger partial charge in [-0.3, -0.25) is 0 Å². The fraction of sp³-hybridized carbons (Fsp3) is 0.0833. The van der Waals surface area contributed by atoms with Crippen LogP contribution in [0.25, 0.3) is 10.8 Å². The van der Waals surface area contributed by atoms with Crippen LogP contribution in [0.4, 0.5) is 10.8 Å². The molecule has 3 aromatic rings. The highest BCUT2D eigenvalue weighted by atomic mass is 32.1. The second-order valence-electron chi connectivity index (χ2n) is 3.74. The van der Waals surface area contributed by atoms with Crippen molar-refractivity contribution in [2.45, 2.75) is 0 Å². The van der Waals surface area contributed by atoms with E-state index in [-0.39, 0.29) is 0 Å². The third-order valence-corrected chi connectivity index (χ3v) is 3.37. The minimum Gasteiger partial charge on any atom is -0.318 e. The molecule has 1 heterocycles. The number of benzene rings is 2. The van der Waals surface area contributed by atoms with Crippen molar-refractivity contribution in [1.82, 2.24) is 14.8 Å². The number of aromatic nitrogens is 3. The summed E-state index contributed by atoms with van der Waals surface area (Å²) in [4.78, 5) is 1.98. The van der Waals surface area contributed by atoms with Gasteiger partial charge < -0.3 is 4.90 Å². The maximum atomic E-state index is 3.96. The Bertz CT molecular complexity index is 636. The molecule has 5 heteroatoms. The summed E-state index contributed by atoms with van der Waals surface area (Å²) in [5.41, 5.74) is 1.09. The molecule has 0 fully saturated rings. The number of hydrogen-bond acceptors (Lipinski definition) is 5. The predicted molar refractivity (Wildman–Crippen MR) is 69.7 cm³/mol. The van der Waals surface area contributed by atoms with Gasteiger partial charge in [-0.25, -0.2) is 0 Å². The maximum Gasteiger partial charge on any atom is 0.232 e. The van der Waals surface area contributed by atoms with E-state index in [9.17, 15) is 0 Å². The van der Waals surface area contributed by atoms with Crippen LogP contribution in [0.15, 0.2) is 42.5 Å². The van der Waals surface area contributed by atoms with Crippen LogP contribution in [0.2, 0.25) is 0 Å². The Morgan fingerprint density at radius 3 is 2.65 bits per heavy atom. The van der Waals surface area contributed by atoms with Crippen molar-refractivity contribution in [1.29, 1.82) is 0 Å². The molecule has 0 saturated carbocycles. The second kappa shape index (κ2) is 4.10. The van der Waals surface area contributed by atoms with E-state index >= 15 is 0 Å². The lowest BCUT2D eigenvalue weighted by atomic mass is 10.1. The molecule has 0 saturated heterocycles. The third kappa shape index (κ3) is 1.85. The Labute approximate surface area is 103 Å². The minimum atomic E-state index is 0.792. The molecule has 84 valence electrons. The van der Waals surface area contributed by atoms with Crippen molar-refractivity contribution in [3.05, 3.63) is 42.5 Å². The summed E-state index contributed by atoms with van der Waals surface area (Å²) >= 11 is 1.28. The number of anilines is 2. The van der Waals surface area contributed by atoms with Crippen molar-refractivity contribution in [3.8, 4) is 0 Å². The van der Waals surface area contributed by atoms with Crippen LogP contribution in [0.5, 0.6) is 0 Å². The Morgan fingerprint density at radius 2 is 1.88 bits per heavy atom. The van der Waals surface area contributed by atoms with E-state index in [1.165, 1.54) is 22.3 Å². The first-order chi connectivity index (χ1) is 8.34. The molecule has 0 aliphatic rings. The summed E-state index contributed by atoms with van der Waals surface area (Å²) < 4.78 is 3.77. The number of rotatable bonds is 2. The molecule has 0 aliphatic carbocycles. The fourth-order valence-electron chi connectivity index (χ4n) is 1.75. The van der Waals surface area contributed by atoms with E-state index in [1.54, 1.807) is 0 Å². The van der Waals surface area contributed by atoms with E-state index < -0.39 is 0 Å². The number of nitrogens with zero attached hydrogens (tertiary/aromatic N) is 4. The second-order valence-corrected chi connectivity index (χ2v) is 4.45. The zero-order chi connectivity index (χ0) is 11.7. The van der Waals surface area contributed by atoms with Crippen molar-refractivity contribution < 1.29 is 0 Å². The van der Waals surface area contributed by atoms with E-state index in [1.807, 2.05) is 24.1 Å². The quantitative estimate of drug-likeness (QED) is 0.693. The van der Waals surface area contributed by atoms with Gasteiger partial charge in [-0.2, -0.15) is 0 Å². The summed E-state index contributed by atoms with van der Waals surface area (Å²) in [7, 11) is 1.96. The largest absolute Gasteiger partial charge is 0.318 e. The molecule has 0 radical (unpaired) electrons. The van der Waals surface area contributed by atoms with Gasteiger partial charge >= 0.3 is 0 Å². The SMILES string of the molecule is CN(c1ccc2ccccc2c1)c1nnns1. The molecule has 0 amide bonds. The summed E-state index contributed by atoms with van der Waals surface area (Å²) in [5.74, 6) is 0. The first-order valence-electron chi connectivity index (χ1n) is 5.22. The van der Waals surface area contributed by atoms with Crippen LogP contribution in [-0.4, -0.2) is 21.8 Å². The lowest BCUT2D eigenvalue weighted by Gasteiger charge is -2.15. The Kier molecular flexibility index (Phi) is 2.45. The lowest BCUT2D eigenvalue weighted by molar-refractivity contribution is 0.944. The van der Waals surface area contributed by atoms with Crippen LogP contribution < -0.4 is 4.90 Å². The Morgan fingerprint density at radius 1 is 1.06 bits per heavy atom. The molecule has 3 rings (SSSR count). The smallest absolute Gasteiger partial charge is 0.232 e. The molecular weight excluding hydrogens is 232 g/mol. The van der Waals surface area contributed by atoms with Crippen molar-refractivity contribution >= 4 is 33.1 Å². The lowest BCUT2D eigenvalue weighted by Crippen LogP contribution is -2.08. The van der Waals surface area contributed by atoms with E-state index in [0.717, 1.165) is 10.8 Å². The molecule has 0 aliphatic heterocycles. The fourth-order valence-corrected chi connectivity index (χ4v) is 2.20. The van der Waals surface area contributed by atoms with Crippen LogP contribution in [0.1, 0.15) is 0 Å². The molecule has 0 bridgehead atoms. The predicted octanol–water partition coefficient (Wildman–Crippen LogP) is 2.85. The topological polar surface area (TPSA) is 41.9 Å². The molecule has 0 N–H and O–H groups in total. The summed E-state index contributed by atoms with van der Waals surface area (Å²) in [6.07, 6.45) is 0. The average molecular weight is 242 g/mol. The zero-order valence-electron chi connectivity index (χ0n) is 9.24. The molecule has 0 spiro atoms. The summed E-state index contributed by atoms with van der Waals surface area (Å²) in [5, 5.41) is 10.8. The third-order valence-electron chi connectivity index (χ3n) is 2.70. The van der Waals surface area contributed by atoms with Gasteiger partial charge in [-0.15, -0.1) is 0 Å². The van der Waals surface area contributed by atoms with Gasteiger partial charge in [0.25, 0.3) is 0 Å². The molecule has 0 unspecified atom stereocenters. The monoisotopic (exact) mass is 242 g/mol. The van der Waals surface area contributed by atoms with Crippen molar-refractivity contribution in [3.63, 3.8) is 0 Å². The molecule has 1 aromatic heterocycles. The van der Waals surface area contributed by atoms with Crippen LogP contribution in [0.3, 0.4) is 0 Å². The molecule has 0 atom stereocenters. The normalized spacial score (nSPS) is 10.6. The highest BCUT2D eigenvalue weighted by Gasteiger charge is 2.08. The summed E-state index contributed by atoms with van der Waals surface area (Å²) in [6, 6.07) is 14.6. The van der Waals surface area contributed by atoms with Crippen molar-refractivity contribution in [2.75, 3.05) is 11.9 Å². The van der Waals surface area contributed by atoms with E-state index in [4.69, 9.17) is 0 Å². The molecular formula is C12H10N4S. The van der Waals surface area contributed by atoms with Gasteiger partial charge in [-0.05, 0) is 28.1 Å². The number of hydrogen-bond donors (Lipinski definition) is 0. The van der Waals surface area contributed by atoms with Gasteiger partial charge in [0, 0.05) is 24.3 Å².